The van der Waals surface area contributed by atoms with E-state index in [2.05, 4.69) is 5.32 Å². The Bertz CT molecular complexity index is 820. The second-order valence-electron chi connectivity index (χ2n) is 8.07. The number of carboxylic acid groups (broad SMARTS) is 1. The molecule has 11 nitrogen and oxygen atoms in total. The number of rotatable bonds is 13. The first-order valence-corrected chi connectivity index (χ1v) is 11.3. The van der Waals surface area contributed by atoms with E-state index < -0.39 is 54.6 Å². The van der Waals surface area contributed by atoms with Gasteiger partial charge >= 0.3 is 23.9 Å². The van der Waals surface area contributed by atoms with Crippen molar-refractivity contribution >= 4 is 23.9 Å². The summed E-state index contributed by atoms with van der Waals surface area (Å²) in [6.45, 7) is 0.135. The molecule has 1 aromatic rings. The molecule has 0 radical (unpaired) electrons. The summed E-state index contributed by atoms with van der Waals surface area (Å²) in [6, 6.07) is 7.63. The maximum atomic E-state index is 12.5. The lowest BCUT2D eigenvalue weighted by molar-refractivity contribution is -0.173. The summed E-state index contributed by atoms with van der Waals surface area (Å²) in [5, 5.41) is 11.9. The number of hydrogen-bond acceptors (Lipinski definition) is 10. The number of esters is 3. The Kier molecular flexibility index (Phi) is 11.4. The van der Waals surface area contributed by atoms with Gasteiger partial charge in [0, 0.05) is 13.0 Å². The van der Waals surface area contributed by atoms with Crippen molar-refractivity contribution in [2.45, 2.75) is 62.8 Å². The molecule has 1 fully saturated rings. The van der Waals surface area contributed by atoms with E-state index in [4.69, 9.17) is 30.8 Å². The number of ether oxygens (including phenoxy) is 3. The van der Waals surface area contributed by atoms with Crippen molar-refractivity contribution < 1.29 is 38.5 Å². The second kappa shape index (κ2) is 14.3. The summed E-state index contributed by atoms with van der Waals surface area (Å²) in [4.78, 5) is 47.8. The van der Waals surface area contributed by atoms with Crippen molar-refractivity contribution in [2.24, 2.45) is 11.5 Å². The monoisotopic (exact) mass is 479 g/mol. The molecule has 34 heavy (non-hydrogen) atoms. The summed E-state index contributed by atoms with van der Waals surface area (Å²) in [6.07, 6.45) is -0.124. The molecule has 2 unspecified atom stereocenters. The number of carbonyl (C=O) groups excluding carboxylic acids is 3. The van der Waals surface area contributed by atoms with Crippen LogP contribution in [-0.4, -0.2) is 73.0 Å². The van der Waals surface area contributed by atoms with Gasteiger partial charge in [-0.05, 0) is 37.8 Å². The van der Waals surface area contributed by atoms with Gasteiger partial charge in [-0.1, -0.05) is 30.3 Å². The molecule has 6 N–H and O–H groups in total. The highest BCUT2D eigenvalue weighted by atomic mass is 16.6. The van der Waals surface area contributed by atoms with Crippen molar-refractivity contribution in [3.8, 4) is 0 Å². The average Bonchev–Trinajstić information content (AvgIpc) is 2.95. The topological polar surface area (TPSA) is 180 Å². The van der Waals surface area contributed by atoms with Crippen LogP contribution in [0.25, 0.3) is 0 Å². The van der Waals surface area contributed by atoms with Gasteiger partial charge in [0.25, 0.3) is 0 Å². The minimum atomic E-state index is -1.42. The largest absolute Gasteiger partial charge is 0.480 e. The molecule has 1 aliphatic rings. The molecule has 0 saturated carbocycles. The van der Waals surface area contributed by atoms with Crippen molar-refractivity contribution in [3.63, 3.8) is 0 Å². The third kappa shape index (κ3) is 9.46. The first kappa shape index (κ1) is 27.2. The van der Waals surface area contributed by atoms with E-state index in [0.29, 0.717) is 32.2 Å². The standard InChI is InChI=1S/C23H33N3O8/c24-11-5-9-17-23(31)34-19(18(13-26-17)33-21(28)12-16(25)22(29)30)14-32-20(27)10-4-8-15-6-2-1-3-7-15/h1-3,6-7,16-19,26H,4-5,8-14,24-25H2,(H,29,30)/t16-,17-,18?,19?/m0/s1. The molecule has 2 rings (SSSR count). The van der Waals surface area contributed by atoms with Crippen LogP contribution in [0, 0.1) is 0 Å². The highest BCUT2D eigenvalue weighted by molar-refractivity contribution is 5.81. The highest BCUT2D eigenvalue weighted by Crippen LogP contribution is 2.15. The van der Waals surface area contributed by atoms with Crippen LogP contribution in [0.15, 0.2) is 30.3 Å². The number of benzene rings is 1. The van der Waals surface area contributed by atoms with E-state index in [0.717, 1.165) is 5.56 Å². The van der Waals surface area contributed by atoms with Crippen LogP contribution in [0.4, 0.5) is 0 Å². The van der Waals surface area contributed by atoms with Crippen LogP contribution in [0.2, 0.25) is 0 Å². The van der Waals surface area contributed by atoms with E-state index in [9.17, 15) is 19.2 Å². The van der Waals surface area contributed by atoms with Gasteiger partial charge in [-0.3, -0.25) is 19.2 Å². The lowest BCUT2D eigenvalue weighted by atomic mass is 10.1. The minimum absolute atomic E-state index is 0.0469. The fourth-order valence-electron chi connectivity index (χ4n) is 3.39. The number of hydrogen-bond donors (Lipinski definition) is 4. The van der Waals surface area contributed by atoms with Gasteiger partial charge in [-0.2, -0.15) is 0 Å². The van der Waals surface area contributed by atoms with Gasteiger partial charge in [0.15, 0.2) is 12.2 Å². The molecular formula is C23H33N3O8. The molecular weight excluding hydrogens is 446 g/mol. The summed E-state index contributed by atoms with van der Waals surface area (Å²) in [5.74, 6) is -3.25. The number of aryl methyl sites for hydroxylation is 1. The van der Waals surface area contributed by atoms with Crippen molar-refractivity contribution in [1.82, 2.24) is 5.32 Å². The zero-order valence-corrected chi connectivity index (χ0v) is 19.0. The SMILES string of the molecule is NCCC[C@@H]1NCC(OC(=O)C[C@H](N)C(=O)O)C(COC(=O)CCCc2ccccc2)OC1=O. The Hall–Kier alpha value is -3.02. The number of aliphatic carboxylic acids is 1. The molecule has 1 heterocycles. The number of nitrogens with two attached hydrogens (primary N) is 2. The molecule has 0 spiro atoms. The van der Waals surface area contributed by atoms with Crippen LogP contribution in [0.3, 0.4) is 0 Å². The Labute approximate surface area is 198 Å². The fourth-order valence-corrected chi connectivity index (χ4v) is 3.39. The predicted octanol–water partition coefficient (Wildman–Crippen LogP) is -0.111. The summed E-state index contributed by atoms with van der Waals surface area (Å²) >= 11 is 0. The Morgan fingerprint density at radius 3 is 2.59 bits per heavy atom. The molecule has 188 valence electrons. The van der Waals surface area contributed by atoms with E-state index in [1.807, 2.05) is 30.3 Å². The third-order valence-electron chi connectivity index (χ3n) is 5.31. The smallest absolute Gasteiger partial charge is 0.323 e. The van der Waals surface area contributed by atoms with Crippen LogP contribution in [0.5, 0.6) is 0 Å². The Morgan fingerprint density at radius 1 is 1.18 bits per heavy atom. The predicted molar refractivity (Wildman–Crippen MR) is 120 cm³/mol. The van der Waals surface area contributed by atoms with E-state index in [1.54, 1.807) is 0 Å². The Morgan fingerprint density at radius 2 is 1.91 bits per heavy atom. The van der Waals surface area contributed by atoms with Crippen LogP contribution < -0.4 is 16.8 Å². The van der Waals surface area contributed by atoms with Gasteiger partial charge in [0.1, 0.15) is 18.7 Å². The molecule has 0 bridgehead atoms. The molecule has 1 aromatic carbocycles. The molecule has 0 aromatic heterocycles. The number of carboxylic acids is 1. The van der Waals surface area contributed by atoms with E-state index in [-0.39, 0.29) is 19.6 Å². The normalized spacial score (nSPS) is 21.1. The van der Waals surface area contributed by atoms with Gasteiger partial charge in [0.2, 0.25) is 0 Å². The average molecular weight is 480 g/mol. The molecule has 4 atom stereocenters. The lowest BCUT2D eigenvalue weighted by Crippen LogP contribution is -2.43. The maximum absolute atomic E-state index is 12.5. The number of cyclic esters (lactones) is 1. The summed E-state index contributed by atoms with van der Waals surface area (Å²) < 4.78 is 16.1. The quantitative estimate of drug-likeness (QED) is 0.219. The van der Waals surface area contributed by atoms with Gasteiger partial charge in [0.05, 0.1) is 6.42 Å². The van der Waals surface area contributed by atoms with E-state index >= 15 is 0 Å². The molecule has 1 aliphatic heterocycles. The molecule has 0 amide bonds. The third-order valence-corrected chi connectivity index (χ3v) is 5.31. The van der Waals surface area contributed by atoms with Gasteiger partial charge in [-0.25, -0.2) is 0 Å². The van der Waals surface area contributed by atoms with Crippen molar-refractivity contribution in [3.05, 3.63) is 35.9 Å². The van der Waals surface area contributed by atoms with Gasteiger partial charge < -0.3 is 36.1 Å². The zero-order chi connectivity index (χ0) is 24.9. The van der Waals surface area contributed by atoms with E-state index in [1.165, 1.54) is 0 Å². The maximum Gasteiger partial charge on any atom is 0.323 e. The van der Waals surface area contributed by atoms with Crippen LogP contribution in [-0.2, 0) is 39.8 Å². The van der Waals surface area contributed by atoms with Crippen LogP contribution in [0.1, 0.15) is 37.7 Å². The summed E-state index contributed by atoms with van der Waals surface area (Å²) in [7, 11) is 0. The summed E-state index contributed by atoms with van der Waals surface area (Å²) in [5.41, 5.74) is 12.0. The second-order valence-corrected chi connectivity index (χ2v) is 8.07. The Balaban J connectivity index is 1.93. The zero-order valence-electron chi connectivity index (χ0n) is 19.0. The fraction of sp³-hybridized carbons (Fsp3) is 0.565. The van der Waals surface area contributed by atoms with Crippen LogP contribution >= 0.6 is 0 Å². The lowest BCUT2D eigenvalue weighted by Gasteiger charge is -2.24. The van der Waals surface area contributed by atoms with Crippen molar-refractivity contribution in [1.29, 1.82) is 0 Å². The molecule has 1 saturated heterocycles. The number of nitrogens with one attached hydrogen (secondary N) is 1. The van der Waals surface area contributed by atoms with Crippen molar-refractivity contribution in [2.75, 3.05) is 19.7 Å². The number of carbonyl (C=O) groups is 4. The molecule has 0 aliphatic carbocycles. The molecule has 11 heteroatoms. The first-order valence-electron chi connectivity index (χ1n) is 11.3. The van der Waals surface area contributed by atoms with Gasteiger partial charge in [-0.15, -0.1) is 0 Å². The minimum Gasteiger partial charge on any atom is -0.480 e. The highest BCUT2D eigenvalue weighted by Gasteiger charge is 2.37. The first-order chi connectivity index (χ1) is 16.3.